The van der Waals surface area contributed by atoms with Gasteiger partial charge in [0.25, 0.3) is 5.91 Å². The quantitative estimate of drug-likeness (QED) is 0.528. The standard InChI is InChI=1S/C24H29N3O4S/c1-23(2,3)20-24(17-12-8-5-9-13-17,18(15-28)14-27(20)22(30)31)26-21(32)25-19(29)16-10-6-4-7-11-16/h4-13,18,20,28H,14-15H2,1-3H3,(H,30,31)(H2,25,26,29,32). The molecule has 0 aliphatic carbocycles. The van der Waals surface area contributed by atoms with E-state index in [1.54, 1.807) is 24.3 Å². The highest BCUT2D eigenvalue weighted by atomic mass is 32.1. The SMILES string of the molecule is CC(C)(C)C1N(C(=O)O)CC(CO)C1(NC(=S)NC(=O)c1ccccc1)c1ccccc1. The van der Waals surface area contributed by atoms with Crippen molar-refractivity contribution in [3.05, 3.63) is 71.8 Å². The number of nitrogens with zero attached hydrogens (tertiary/aromatic N) is 1. The van der Waals surface area contributed by atoms with Gasteiger partial charge in [0, 0.05) is 18.0 Å². The molecule has 1 saturated heterocycles. The van der Waals surface area contributed by atoms with Crippen LogP contribution in [0.1, 0.15) is 36.7 Å². The van der Waals surface area contributed by atoms with Crippen LogP contribution >= 0.6 is 12.2 Å². The van der Waals surface area contributed by atoms with Crippen LogP contribution in [-0.4, -0.2) is 51.4 Å². The Bertz CT molecular complexity index is 978. The van der Waals surface area contributed by atoms with Gasteiger partial charge in [-0.2, -0.15) is 0 Å². The summed E-state index contributed by atoms with van der Waals surface area (Å²) in [6, 6.07) is 17.5. The van der Waals surface area contributed by atoms with Crippen LogP contribution < -0.4 is 10.6 Å². The second-order valence-corrected chi connectivity index (χ2v) is 9.50. The molecule has 32 heavy (non-hydrogen) atoms. The van der Waals surface area contributed by atoms with Gasteiger partial charge in [0.1, 0.15) is 0 Å². The van der Waals surface area contributed by atoms with Crippen molar-refractivity contribution < 1.29 is 19.8 Å². The van der Waals surface area contributed by atoms with Gasteiger partial charge in [-0.3, -0.25) is 10.1 Å². The molecule has 1 fully saturated rings. The van der Waals surface area contributed by atoms with E-state index in [0.29, 0.717) is 5.56 Å². The molecule has 1 heterocycles. The van der Waals surface area contributed by atoms with Crippen molar-refractivity contribution in [2.24, 2.45) is 11.3 Å². The van der Waals surface area contributed by atoms with Crippen LogP contribution in [0.2, 0.25) is 0 Å². The Morgan fingerprint density at radius 2 is 1.66 bits per heavy atom. The molecule has 7 nitrogen and oxygen atoms in total. The lowest BCUT2D eigenvalue weighted by Crippen LogP contribution is -2.63. The Balaban J connectivity index is 2.06. The zero-order valence-electron chi connectivity index (χ0n) is 18.4. The summed E-state index contributed by atoms with van der Waals surface area (Å²) in [6.45, 7) is 5.74. The highest BCUT2D eigenvalue weighted by molar-refractivity contribution is 7.80. The lowest BCUT2D eigenvalue weighted by molar-refractivity contribution is 0.0677. The van der Waals surface area contributed by atoms with E-state index in [9.17, 15) is 19.8 Å². The maximum absolute atomic E-state index is 12.7. The second kappa shape index (κ2) is 9.26. The highest BCUT2D eigenvalue weighted by Gasteiger charge is 2.60. The third kappa shape index (κ3) is 4.47. The van der Waals surface area contributed by atoms with Crippen LogP contribution in [0.4, 0.5) is 4.79 Å². The number of amides is 2. The average molecular weight is 456 g/mol. The molecule has 8 heteroatoms. The van der Waals surface area contributed by atoms with Gasteiger partial charge in [0.05, 0.1) is 18.2 Å². The smallest absolute Gasteiger partial charge is 0.407 e. The first-order chi connectivity index (χ1) is 15.1. The number of thiocarbonyl (C=S) groups is 1. The zero-order valence-corrected chi connectivity index (χ0v) is 19.2. The molecule has 0 aromatic heterocycles. The fourth-order valence-electron chi connectivity index (χ4n) is 4.83. The van der Waals surface area contributed by atoms with Crippen LogP contribution in [0, 0.1) is 11.3 Å². The van der Waals surface area contributed by atoms with Gasteiger partial charge in [-0.05, 0) is 35.3 Å². The van der Waals surface area contributed by atoms with Crippen molar-refractivity contribution in [3.8, 4) is 0 Å². The third-order valence-corrected chi connectivity index (χ3v) is 6.13. The van der Waals surface area contributed by atoms with Crippen molar-refractivity contribution in [2.45, 2.75) is 32.4 Å². The van der Waals surface area contributed by atoms with Crippen LogP contribution in [0.25, 0.3) is 0 Å². The summed E-state index contributed by atoms with van der Waals surface area (Å²) in [5.41, 5.74) is -0.313. The van der Waals surface area contributed by atoms with E-state index in [2.05, 4.69) is 10.6 Å². The Kier molecular flexibility index (Phi) is 6.85. The summed E-state index contributed by atoms with van der Waals surface area (Å²) >= 11 is 5.53. The summed E-state index contributed by atoms with van der Waals surface area (Å²) in [7, 11) is 0. The first kappa shape index (κ1) is 23.7. The summed E-state index contributed by atoms with van der Waals surface area (Å²) in [5, 5.41) is 26.4. The van der Waals surface area contributed by atoms with Crippen LogP contribution in [0.5, 0.6) is 0 Å². The minimum Gasteiger partial charge on any atom is -0.465 e. The Morgan fingerprint density at radius 3 is 2.16 bits per heavy atom. The fraction of sp³-hybridized carbons (Fsp3) is 0.375. The lowest BCUT2D eigenvalue weighted by atomic mass is 9.67. The molecule has 2 amide bonds. The molecule has 0 radical (unpaired) electrons. The molecule has 0 saturated carbocycles. The number of carbonyl (C=O) groups is 2. The average Bonchev–Trinajstić information content (AvgIpc) is 3.10. The highest BCUT2D eigenvalue weighted by Crippen LogP contribution is 2.49. The first-order valence-electron chi connectivity index (χ1n) is 10.5. The molecule has 0 spiro atoms. The topological polar surface area (TPSA) is 102 Å². The molecule has 3 unspecified atom stereocenters. The normalized spacial score (nSPS) is 22.9. The number of rotatable bonds is 4. The lowest BCUT2D eigenvalue weighted by Gasteiger charge is -2.47. The number of aliphatic hydroxyl groups is 1. The number of carboxylic acid groups (broad SMARTS) is 1. The molecule has 3 rings (SSSR count). The molecule has 2 aromatic carbocycles. The van der Waals surface area contributed by atoms with Crippen LogP contribution in [0.3, 0.4) is 0 Å². The number of hydrogen-bond acceptors (Lipinski definition) is 4. The molecular weight excluding hydrogens is 426 g/mol. The first-order valence-corrected chi connectivity index (χ1v) is 10.9. The molecule has 170 valence electrons. The molecule has 2 aromatic rings. The van der Waals surface area contributed by atoms with E-state index in [0.717, 1.165) is 5.56 Å². The zero-order chi connectivity index (χ0) is 23.5. The number of nitrogens with one attached hydrogen (secondary N) is 2. The van der Waals surface area contributed by atoms with E-state index < -0.39 is 29.0 Å². The van der Waals surface area contributed by atoms with Crippen molar-refractivity contribution >= 4 is 29.3 Å². The number of hydrogen-bond donors (Lipinski definition) is 4. The van der Waals surface area contributed by atoms with Gasteiger partial charge in [0.15, 0.2) is 5.11 Å². The van der Waals surface area contributed by atoms with E-state index >= 15 is 0 Å². The van der Waals surface area contributed by atoms with Gasteiger partial charge >= 0.3 is 6.09 Å². The number of likely N-dealkylation sites (tertiary alicyclic amines) is 1. The largest absolute Gasteiger partial charge is 0.465 e. The minimum atomic E-state index is -1.07. The number of carbonyl (C=O) groups excluding carboxylic acids is 1. The van der Waals surface area contributed by atoms with E-state index in [1.165, 1.54) is 4.90 Å². The van der Waals surface area contributed by atoms with Crippen LogP contribution in [0.15, 0.2) is 60.7 Å². The van der Waals surface area contributed by atoms with Gasteiger partial charge < -0.3 is 20.4 Å². The van der Waals surface area contributed by atoms with Crippen molar-refractivity contribution in [2.75, 3.05) is 13.2 Å². The summed E-state index contributed by atoms with van der Waals surface area (Å²) in [4.78, 5) is 26.2. The minimum absolute atomic E-state index is 0.0719. The van der Waals surface area contributed by atoms with Crippen molar-refractivity contribution in [1.29, 1.82) is 0 Å². The Hall–Kier alpha value is -2.97. The number of benzene rings is 2. The van der Waals surface area contributed by atoms with Crippen LogP contribution in [-0.2, 0) is 5.54 Å². The van der Waals surface area contributed by atoms with E-state index in [-0.39, 0.29) is 24.2 Å². The molecule has 4 N–H and O–H groups in total. The molecule has 1 aliphatic heterocycles. The maximum Gasteiger partial charge on any atom is 0.407 e. The summed E-state index contributed by atoms with van der Waals surface area (Å²) in [5.74, 6) is -0.857. The maximum atomic E-state index is 12.7. The predicted molar refractivity (Wildman–Crippen MR) is 126 cm³/mol. The summed E-state index contributed by atoms with van der Waals surface area (Å²) in [6.07, 6.45) is -1.07. The second-order valence-electron chi connectivity index (χ2n) is 9.09. The van der Waals surface area contributed by atoms with Crippen molar-refractivity contribution in [3.63, 3.8) is 0 Å². The van der Waals surface area contributed by atoms with Crippen molar-refractivity contribution in [1.82, 2.24) is 15.5 Å². The number of aliphatic hydroxyl groups excluding tert-OH is 1. The molecule has 1 aliphatic rings. The monoisotopic (exact) mass is 455 g/mol. The van der Waals surface area contributed by atoms with Gasteiger partial charge in [-0.1, -0.05) is 69.3 Å². The fourth-order valence-corrected chi connectivity index (χ4v) is 5.09. The van der Waals surface area contributed by atoms with E-state index in [4.69, 9.17) is 12.2 Å². The summed E-state index contributed by atoms with van der Waals surface area (Å²) < 4.78 is 0. The predicted octanol–water partition coefficient (Wildman–Crippen LogP) is 3.20. The third-order valence-electron chi connectivity index (χ3n) is 5.93. The Labute approximate surface area is 193 Å². The van der Waals surface area contributed by atoms with E-state index in [1.807, 2.05) is 57.2 Å². The van der Waals surface area contributed by atoms with Gasteiger partial charge in [-0.25, -0.2) is 4.79 Å². The molecular formula is C24H29N3O4S. The molecule has 3 atom stereocenters. The Morgan fingerprint density at radius 1 is 1.09 bits per heavy atom. The van der Waals surface area contributed by atoms with Gasteiger partial charge in [-0.15, -0.1) is 0 Å². The van der Waals surface area contributed by atoms with Gasteiger partial charge in [0.2, 0.25) is 0 Å². The molecule has 0 bridgehead atoms.